The zero-order chi connectivity index (χ0) is 13.9. The van der Waals surface area contributed by atoms with Crippen LogP contribution in [0.5, 0.6) is 5.88 Å². The highest BCUT2D eigenvalue weighted by Crippen LogP contribution is 2.38. The fraction of sp³-hybridized carbons (Fsp3) is 0.688. The molecule has 0 aliphatic heterocycles. The van der Waals surface area contributed by atoms with Crippen molar-refractivity contribution in [1.29, 1.82) is 0 Å². The van der Waals surface area contributed by atoms with E-state index in [1.807, 2.05) is 19.9 Å². The van der Waals surface area contributed by atoms with Crippen LogP contribution in [0.2, 0.25) is 0 Å². The van der Waals surface area contributed by atoms with E-state index in [0.29, 0.717) is 11.5 Å². The van der Waals surface area contributed by atoms with Gasteiger partial charge in [0.1, 0.15) is 0 Å². The zero-order valence-corrected chi connectivity index (χ0v) is 12.6. The molecule has 0 spiro atoms. The Morgan fingerprint density at radius 2 is 2.16 bits per heavy atom. The van der Waals surface area contributed by atoms with Crippen molar-refractivity contribution in [2.75, 3.05) is 5.32 Å². The Morgan fingerprint density at radius 1 is 1.37 bits per heavy atom. The number of aromatic nitrogens is 1. The molecule has 1 N–H and O–H groups in total. The Morgan fingerprint density at radius 3 is 2.84 bits per heavy atom. The zero-order valence-electron chi connectivity index (χ0n) is 12.6. The lowest BCUT2D eigenvalue weighted by Gasteiger charge is -2.39. The molecule has 0 saturated heterocycles. The first-order chi connectivity index (χ1) is 8.99. The first-order valence-corrected chi connectivity index (χ1v) is 7.37. The minimum absolute atomic E-state index is 0.148. The molecule has 1 aliphatic carbocycles. The third-order valence-electron chi connectivity index (χ3n) is 3.96. The third-order valence-corrected chi connectivity index (χ3v) is 3.96. The minimum atomic E-state index is 0.148. The molecule has 3 heteroatoms. The molecule has 1 aromatic rings. The van der Waals surface area contributed by atoms with Crippen molar-refractivity contribution in [3.8, 4) is 5.88 Å². The van der Waals surface area contributed by atoms with Gasteiger partial charge in [-0.25, -0.2) is 4.98 Å². The predicted octanol–water partition coefficient (Wildman–Crippen LogP) is 4.25. The van der Waals surface area contributed by atoms with Crippen LogP contribution in [0.1, 0.15) is 53.4 Å². The summed E-state index contributed by atoms with van der Waals surface area (Å²) in [7, 11) is 0. The van der Waals surface area contributed by atoms with Gasteiger partial charge in [-0.05, 0) is 44.2 Å². The van der Waals surface area contributed by atoms with Gasteiger partial charge in [0, 0.05) is 12.2 Å². The highest BCUT2D eigenvalue weighted by atomic mass is 16.5. The van der Waals surface area contributed by atoms with Gasteiger partial charge in [-0.2, -0.15) is 0 Å². The van der Waals surface area contributed by atoms with Gasteiger partial charge in [-0.3, -0.25) is 0 Å². The highest BCUT2D eigenvalue weighted by Gasteiger charge is 2.32. The van der Waals surface area contributed by atoms with E-state index in [-0.39, 0.29) is 6.10 Å². The molecule has 1 fully saturated rings. The van der Waals surface area contributed by atoms with E-state index in [4.69, 9.17) is 4.74 Å². The molecule has 1 atom stereocenters. The average molecular weight is 262 g/mol. The number of hydrogen-bond donors (Lipinski definition) is 1. The highest BCUT2D eigenvalue weighted by molar-refractivity contribution is 5.53. The molecule has 0 bridgehead atoms. The Labute approximate surface area is 116 Å². The number of nitrogens with zero attached hydrogens (tertiary/aromatic N) is 1. The van der Waals surface area contributed by atoms with Gasteiger partial charge in [0.15, 0.2) is 0 Å². The normalized spacial score (nSPS) is 22.3. The molecule has 0 radical (unpaired) electrons. The van der Waals surface area contributed by atoms with Crippen LogP contribution in [0.25, 0.3) is 0 Å². The maximum Gasteiger partial charge on any atom is 0.237 e. The summed E-state index contributed by atoms with van der Waals surface area (Å²) in [5.74, 6) is 0.721. The van der Waals surface area contributed by atoms with Crippen LogP contribution in [0.3, 0.4) is 0 Å². The van der Waals surface area contributed by atoms with Crippen LogP contribution in [-0.4, -0.2) is 17.1 Å². The molecular weight excluding hydrogens is 236 g/mol. The average Bonchev–Trinajstić information content (AvgIpc) is 2.33. The van der Waals surface area contributed by atoms with Crippen LogP contribution >= 0.6 is 0 Å². The summed E-state index contributed by atoms with van der Waals surface area (Å²) in [6.07, 6.45) is 7.09. The molecule has 0 amide bonds. The molecular formula is C16H26N2O. The summed E-state index contributed by atoms with van der Waals surface area (Å²) in [6, 6.07) is 4.53. The van der Waals surface area contributed by atoms with Gasteiger partial charge in [-0.1, -0.05) is 26.7 Å². The lowest BCUT2D eigenvalue weighted by atomic mass is 9.73. The van der Waals surface area contributed by atoms with Crippen molar-refractivity contribution in [3.05, 3.63) is 18.3 Å². The summed E-state index contributed by atoms with van der Waals surface area (Å²) in [4.78, 5) is 4.35. The summed E-state index contributed by atoms with van der Waals surface area (Å²) in [5.41, 5.74) is 1.36. The Hall–Kier alpha value is -1.25. The van der Waals surface area contributed by atoms with E-state index < -0.39 is 0 Å². The SMILES string of the molecule is CC(C)Oc1ncccc1NC1CCCCC1(C)C. The molecule has 19 heavy (non-hydrogen) atoms. The van der Waals surface area contributed by atoms with Crippen molar-refractivity contribution in [2.45, 2.75) is 65.5 Å². The number of pyridine rings is 1. The predicted molar refractivity (Wildman–Crippen MR) is 79.7 cm³/mol. The van der Waals surface area contributed by atoms with Gasteiger partial charge in [0.2, 0.25) is 5.88 Å². The fourth-order valence-electron chi connectivity index (χ4n) is 2.77. The van der Waals surface area contributed by atoms with Gasteiger partial charge >= 0.3 is 0 Å². The molecule has 0 aromatic carbocycles. The van der Waals surface area contributed by atoms with E-state index in [0.717, 1.165) is 11.6 Å². The molecule has 1 aromatic heterocycles. The second kappa shape index (κ2) is 5.81. The Balaban J connectivity index is 2.13. The second-order valence-corrected chi connectivity index (χ2v) is 6.45. The van der Waals surface area contributed by atoms with E-state index in [1.165, 1.54) is 25.7 Å². The third kappa shape index (κ3) is 3.62. The Bertz CT molecular complexity index is 415. The number of rotatable bonds is 4. The molecule has 1 aliphatic rings. The van der Waals surface area contributed by atoms with Crippen molar-refractivity contribution < 1.29 is 4.74 Å². The molecule has 1 unspecified atom stereocenters. The monoisotopic (exact) mass is 262 g/mol. The molecule has 3 nitrogen and oxygen atoms in total. The van der Waals surface area contributed by atoms with Gasteiger partial charge in [0.25, 0.3) is 0 Å². The second-order valence-electron chi connectivity index (χ2n) is 6.45. The number of hydrogen-bond acceptors (Lipinski definition) is 3. The van der Waals surface area contributed by atoms with E-state index >= 15 is 0 Å². The van der Waals surface area contributed by atoms with Crippen molar-refractivity contribution in [2.24, 2.45) is 5.41 Å². The van der Waals surface area contributed by atoms with Crippen LogP contribution in [0.4, 0.5) is 5.69 Å². The largest absolute Gasteiger partial charge is 0.473 e. The maximum atomic E-state index is 5.78. The van der Waals surface area contributed by atoms with E-state index in [9.17, 15) is 0 Å². The molecule has 1 heterocycles. The fourth-order valence-corrected chi connectivity index (χ4v) is 2.77. The summed E-state index contributed by atoms with van der Waals surface area (Å²) in [6.45, 7) is 8.76. The topological polar surface area (TPSA) is 34.1 Å². The first-order valence-electron chi connectivity index (χ1n) is 7.37. The number of ether oxygens (including phenoxy) is 1. The maximum absolute atomic E-state index is 5.78. The first kappa shape index (κ1) is 14.2. The van der Waals surface area contributed by atoms with Crippen molar-refractivity contribution >= 4 is 5.69 Å². The lowest BCUT2D eigenvalue weighted by molar-refractivity contribution is 0.213. The smallest absolute Gasteiger partial charge is 0.237 e. The van der Waals surface area contributed by atoms with Crippen molar-refractivity contribution in [3.63, 3.8) is 0 Å². The van der Waals surface area contributed by atoms with E-state index in [2.05, 4.69) is 30.2 Å². The Kier molecular flexibility index (Phi) is 4.33. The summed E-state index contributed by atoms with van der Waals surface area (Å²) in [5, 5.41) is 3.66. The number of anilines is 1. The number of nitrogens with one attached hydrogen (secondary N) is 1. The van der Waals surface area contributed by atoms with Gasteiger partial charge in [-0.15, -0.1) is 0 Å². The summed E-state index contributed by atoms with van der Waals surface area (Å²) < 4.78 is 5.78. The van der Waals surface area contributed by atoms with Crippen LogP contribution < -0.4 is 10.1 Å². The van der Waals surface area contributed by atoms with Gasteiger partial charge < -0.3 is 10.1 Å². The van der Waals surface area contributed by atoms with Crippen LogP contribution in [0.15, 0.2) is 18.3 Å². The van der Waals surface area contributed by atoms with Crippen LogP contribution in [0, 0.1) is 5.41 Å². The van der Waals surface area contributed by atoms with E-state index in [1.54, 1.807) is 6.20 Å². The molecule has 106 valence electrons. The van der Waals surface area contributed by atoms with Crippen LogP contribution in [-0.2, 0) is 0 Å². The minimum Gasteiger partial charge on any atom is -0.473 e. The quantitative estimate of drug-likeness (QED) is 0.880. The lowest BCUT2D eigenvalue weighted by Crippen LogP contribution is -2.39. The van der Waals surface area contributed by atoms with Gasteiger partial charge in [0.05, 0.1) is 11.8 Å². The van der Waals surface area contributed by atoms with Crippen molar-refractivity contribution in [1.82, 2.24) is 4.98 Å². The molecule has 2 rings (SSSR count). The molecule has 1 saturated carbocycles. The standard InChI is InChI=1S/C16H26N2O/c1-12(2)19-15-13(8-7-11-17-15)18-14-9-5-6-10-16(14,3)4/h7-8,11-12,14,18H,5-6,9-10H2,1-4H3. The summed E-state index contributed by atoms with van der Waals surface area (Å²) >= 11 is 0.